The van der Waals surface area contributed by atoms with Gasteiger partial charge in [-0.2, -0.15) is 13.2 Å². The number of ketones is 1. The Kier molecular flexibility index (Phi) is 7.22. The van der Waals surface area contributed by atoms with Crippen molar-refractivity contribution in [3.8, 4) is 0 Å². The van der Waals surface area contributed by atoms with Crippen LogP contribution >= 0.6 is 0 Å². The van der Waals surface area contributed by atoms with E-state index < -0.39 is 17.9 Å². The van der Waals surface area contributed by atoms with Crippen LogP contribution in [-0.2, 0) is 35.7 Å². The second-order valence-electron chi connectivity index (χ2n) is 1.78. The molecule has 0 spiro atoms. The summed E-state index contributed by atoms with van der Waals surface area (Å²) in [5.41, 5.74) is 0. The zero-order valence-corrected chi connectivity index (χ0v) is 9.14. The van der Waals surface area contributed by atoms with Gasteiger partial charge in [0.15, 0.2) is 0 Å². The Hall–Kier alpha value is -0.317. The quantitative estimate of drug-likeness (QED) is 0.628. The number of allylic oxidation sites excluding steroid dienone is 1. The van der Waals surface area contributed by atoms with Gasteiger partial charge < -0.3 is 9.84 Å². The normalized spacial score (nSPS) is 11.8. The Morgan fingerprint density at radius 2 is 2.00 bits per heavy atom. The summed E-state index contributed by atoms with van der Waals surface area (Å²) in [6.07, 6.45) is -4.98. The molecule has 0 aliphatic heterocycles. The molecular formula is C6H7F3O3Zr. The Labute approximate surface area is 91.7 Å². The van der Waals surface area contributed by atoms with Crippen molar-refractivity contribution in [2.45, 2.75) is 13.1 Å². The minimum absolute atomic E-state index is 0. The number of carbonyl (C=O) groups excluding carboxylic acids is 1. The SMILES string of the molecule is CCO/C(O)=C/C(=O)C(F)(F)F.[Zr]. The van der Waals surface area contributed by atoms with Gasteiger partial charge in [0.2, 0.25) is 0 Å². The van der Waals surface area contributed by atoms with Gasteiger partial charge in [-0.15, -0.1) is 0 Å². The van der Waals surface area contributed by atoms with Gasteiger partial charge in [-0.05, 0) is 6.92 Å². The molecule has 0 aliphatic rings. The monoisotopic (exact) mass is 274 g/mol. The molecule has 0 rings (SSSR count). The fourth-order valence-corrected chi connectivity index (χ4v) is 0.384. The average molecular weight is 275 g/mol. The van der Waals surface area contributed by atoms with E-state index in [4.69, 9.17) is 5.11 Å². The molecule has 7 heteroatoms. The molecule has 0 aromatic rings. The number of carbonyl (C=O) groups is 1. The van der Waals surface area contributed by atoms with Crippen LogP contribution in [0.15, 0.2) is 12.0 Å². The maximum absolute atomic E-state index is 11.5. The molecule has 0 unspecified atom stereocenters. The topological polar surface area (TPSA) is 46.5 Å². The predicted molar refractivity (Wildman–Crippen MR) is 33.4 cm³/mol. The summed E-state index contributed by atoms with van der Waals surface area (Å²) >= 11 is 0. The fraction of sp³-hybridized carbons (Fsp3) is 0.500. The maximum atomic E-state index is 11.5. The molecule has 0 fully saturated rings. The van der Waals surface area contributed by atoms with Crippen molar-refractivity contribution in [3.63, 3.8) is 0 Å². The maximum Gasteiger partial charge on any atom is 0.454 e. The van der Waals surface area contributed by atoms with Crippen molar-refractivity contribution in [3.05, 3.63) is 12.0 Å². The summed E-state index contributed by atoms with van der Waals surface area (Å²) in [5, 5.41) is 8.50. The molecule has 0 aliphatic carbocycles. The molecule has 0 heterocycles. The number of aliphatic hydroxyl groups excluding tert-OH is 1. The van der Waals surface area contributed by atoms with E-state index in [-0.39, 0.29) is 38.9 Å². The minimum atomic E-state index is -4.97. The van der Waals surface area contributed by atoms with Crippen LogP contribution in [0.2, 0.25) is 0 Å². The first-order chi connectivity index (χ1) is 5.38. The van der Waals surface area contributed by atoms with Crippen molar-refractivity contribution < 1.29 is 54.0 Å². The first-order valence-electron chi connectivity index (χ1n) is 3.02. The molecule has 74 valence electrons. The van der Waals surface area contributed by atoms with E-state index in [1.165, 1.54) is 6.92 Å². The van der Waals surface area contributed by atoms with Crippen LogP contribution in [0.3, 0.4) is 0 Å². The van der Waals surface area contributed by atoms with E-state index in [1.54, 1.807) is 0 Å². The summed E-state index contributed by atoms with van der Waals surface area (Å²) in [6, 6.07) is 0. The van der Waals surface area contributed by atoms with Gasteiger partial charge in [-0.3, -0.25) is 4.79 Å². The van der Waals surface area contributed by atoms with Gasteiger partial charge in [-0.25, -0.2) is 0 Å². The molecular weight excluding hydrogens is 268 g/mol. The van der Waals surface area contributed by atoms with Crippen molar-refractivity contribution in [1.29, 1.82) is 0 Å². The van der Waals surface area contributed by atoms with Gasteiger partial charge in [0.05, 0.1) is 12.7 Å². The molecule has 3 nitrogen and oxygen atoms in total. The third-order valence-electron chi connectivity index (χ3n) is 0.826. The average Bonchev–Trinajstić information content (AvgIpc) is 1.85. The van der Waals surface area contributed by atoms with E-state index in [1.807, 2.05) is 0 Å². The van der Waals surface area contributed by atoms with Gasteiger partial charge >= 0.3 is 6.18 Å². The van der Waals surface area contributed by atoms with Gasteiger partial charge in [0.25, 0.3) is 11.7 Å². The standard InChI is InChI=1S/C6H7F3O3.Zr/c1-2-12-5(11)3-4(10)6(7,8)9;/h3,11H,2H2,1H3;/b5-3+;. The fourth-order valence-electron chi connectivity index (χ4n) is 0.384. The van der Waals surface area contributed by atoms with E-state index in [9.17, 15) is 18.0 Å². The third kappa shape index (κ3) is 6.81. The minimum Gasteiger partial charge on any atom is -0.481 e. The third-order valence-corrected chi connectivity index (χ3v) is 0.826. The Morgan fingerprint density at radius 3 is 2.31 bits per heavy atom. The summed E-state index contributed by atoms with van der Waals surface area (Å²) in [5.74, 6) is -3.17. The van der Waals surface area contributed by atoms with E-state index in [0.29, 0.717) is 0 Å². The molecule has 0 aromatic carbocycles. The van der Waals surface area contributed by atoms with Crippen LogP contribution in [0.4, 0.5) is 13.2 Å². The molecule has 0 saturated heterocycles. The van der Waals surface area contributed by atoms with Crippen molar-refractivity contribution in [2.75, 3.05) is 6.61 Å². The van der Waals surface area contributed by atoms with Crippen LogP contribution in [0.1, 0.15) is 6.92 Å². The van der Waals surface area contributed by atoms with Gasteiger partial charge in [0, 0.05) is 26.2 Å². The molecule has 0 atom stereocenters. The molecule has 1 N–H and O–H groups in total. The molecule has 0 aromatic heterocycles. The number of rotatable bonds is 3. The number of aliphatic hydroxyl groups is 1. The Morgan fingerprint density at radius 1 is 1.54 bits per heavy atom. The molecule has 0 saturated carbocycles. The van der Waals surface area contributed by atoms with Crippen LogP contribution in [0.25, 0.3) is 0 Å². The number of ether oxygens (including phenoxy) is 1. The molecule has 0 bridgehead atoms. The van der Waals surface area contributed by atoms with Crippen molar-refractivity contribution >= 4 is 5.78 Å². The van der Waals surface area contributed by atoms with E-state index >= 15 is 0 Å². The van der Waals surface area contributed by atoms with Crippen LogP contribution < -0.4 is 0 Å². The van der Waals surface area contributed by atoms with Crippen LogP contribution in [0, 0.1) is 0 Å². The number of hydrogen-bond donors (Lipinski definition) is 1. The number of halogens is 3. The Balaban J connectivity index is 0. The predicted octanol–water partition coefficient (Wildman–Crippen LogP) is 1.55. The van der Waals surface area contributed by atoms with Crippen LogP contribution in [-0.4, -0.2) is 23.7 Å². The largest absolute Gasteiger partial charge is 0.481 e. The molecule has 13 heavy (non-hydrogen) atoms. The number of hydrogen-bond acceptors (Lipinski definition) is 3. The van der Waals surface area contributed by atoms with E-state index in [0.717, 1.165) is 0 Å². The van der Waals surface area contributed by atoms with E-state index in [2.05, 4.69) is 4.74 Å². The second kappa shape index (κ2) is 6.18. The summed E-state index contributed by atoms with van der Waals surface area (Å²) in [6.45, 7) is 1.45. The first kappa shape index (κ1) is 15.2. The summed E-state index contributed by atoms with van der Waals surface area (Å²) in [7, 11) is 0. The first-order valence-corrected chi connectivity index (χ1v) is 3.02. The van der Waals surface area contributed by atoms with Crippen LogP contribution in [0.5, 0.6) is 0 Å². The summed E-state index contributed by atoms with van der Waals surface area (Å²) in [4.78, 5) is 10.1. The number of alkyl halides is 3. The molecule has 0 radical (unpaired) electrons. The van der Waals surface area contributed by atoms with Crippen molar-refractivity contribution in [2.24, 2.45) is 0 Å². The van der Waals surface area contributed by atoms with Gasteiger partial charge in [0.1, 0.15) is 0 Å². The second-order valence-corrected chi connectivity index (χ2v) is 1.78. The van der Waals surface area contributed by atoms with Crippen molar-refractivity contribution in [1.82, 2.24) is 0 Å². The zero-order chi connectivity index (χ0) is 9.78. The molecule has 0 amide bonds. The van der Waals surface area contributed by atoms with Gasteiger partial charge in [-0.1, -0.05) is 0 Å². The Bertz CT molecular complexity index is 200. The summed E-state index contributed by atoms with van der Waals surface area (Å²) < 4.78 is 38.7. The smallest absolute Gasteiger partial charge is 0.454 e. The zero-order valence-electron chi connectivity index (χ0n) is 6.68.